The summed E-state index contributed by atoms with van der Waals surface area (Å²) in [4.78, 5) is 29.1. The molecule has 0 aliphatic carbocycles. The Hall–Kier alpha value is -3.12. The van der Waals surface area contributed by atoms with E-state index in [-0.39, 0.29) is 5.91 Å². The molecule has 1 atom stereocenters. The molecule has 4 rings (SSSR count). The molecule has 0 saturated heterocycles. The fourth-order valence-electron chi connectivity index (χ4n) is 3.47. The van der Waals surface area contributed by atoms with E-state index in [1.165, 1.54) is 18.4 Å². The van der Waals surface area contributed by atoms with Crippen molar-refractivity contribution in [2.75, 3.05) is 7.11 Å². The second-order valence-corrected chi connectivity index (χ2v) is 7.72. The largest absolute Gasteiger partial charge is 0.467 e. The van der Waals surface area contributed by atoms with E-state index in [0.717, 1.165) is 32.1 Å². The number of carbonyl (C=O) groups is 2. The van der Waals surface area contributed by atoms with Crippen LogP contribution in [0.5, 0.6) is 0 Å². The summed E-state index contributed by atoms with van der Waals surface area (Å²) in [7, 11) is 1.33. The van der Waals surface area contributed by atoms with Crippen LogP contribution in [-0.4, -0.2) is 30.0 Å². The molecule has 0 unspecified atom stereocenters. The van der Waals surface area contributed by atoms with Gasteiger partial charge in [-0.2, -0.15) is 0 Å². The van der Waals surface area contributed by atoms with E-state index in [2.05, 4.69) is 10.3 Å². The molecule has 1 amide bonds. The van der Waals surface area contributed by atoms with Gasteiger partial charge >= 0.3 is 5.97 Å². The number of carbonyl (C=O) groups excluding carboxylic acids is 2. The lowest BCUT2D eigenvalue weighted by molar-refractivity contribution is -0.142. The Bertz CT molecular complexity index is 1170. The van der Waals surface area contributed by atoms with Gasteiger partial charge in [-0.3, -0.25) is 4.79 Å². The summed E-state index contributed by atoms with van der Waals surface area (Å²) in [5.74, 6) is -0.716. The topological polar surface area (TPSA) is 71.2 Å². The molecule has 0 aliphatic rings. The highest BCUT2D eigenvalue weighted by Crippen LogP contribution is 2.30. The first-order chi connectivity index (χ1) is 13.6. The number of thiophene rings is 1. The number of hydrogen-bond donors (Lipinski definition) is 2. The van der Waals surface area contributed by atoms with Gasteiger partial charge in [0.2, 0.25) is 0 Å². The highest BCUT2D eigenvalue weighted by atomic mass is 32.1. The summed E-state index contributed by atoms with van der Waals surface area (Å²) in [6.45, 7) is 1.93. The normalized spacial score (nSPS) is 12.2. The van der Waals surface area contributed by atoms with Crippen LogP contribution in [0.1, 0.15) is 20.8 Å². The van der Waals surface area contributed by atoms with Crippen LogP contribution < -0.4 is 5.32 Å². The van der Waals surface area contributed by atoms with Crippen LogP contribution >= 0.6 is 11.3 Å². The van der Waals surface area contributed by atoms with Crippen LogP contribution in [0.4, 0.5) is 0 Å². The number of ether oxygens (including phenoxy) is 1. The highest BCUT2D eigenvalue weighted by molar-refractivity contribution is 7.21. The molecule has 5 nitrogen and oxygen atoms in total. The summed E-state index contributed by atoms with van der Waals surface area (Å²) in [5, 5.41) is 4.96. The molecular formula is C22H20N2O3S. The smallest absolute Gasteiger partial charge is 0.328 e. The number of nitrogens with one attached hydrogen (secondary N) is 2. The summed E-state index contributed by atoms with van der Waals surface area (Å²) in [6, 6.07) is 15.0. The van der Waals surface area contributed by atoms with Crippen LogP contribution in [0.15, 0.2) is 54.7 Å². The first-order valence-corrected chi connectivity index (χ1v) is 9.82. The average molecular weight is 392 g/mol. The second-order valence-electron chi connectivity index (χ2n) is 6.67. The molecular weight excluding hydrogens is 372 g/mol. The number of esters is 1. The van der Waals surface area contributed by atoms with Crippen LogP contribution in [0.2, 0.25) is 0 Å². The molecule has 2 N–H and O–H groups in total. The minimum absolute atomic E-state index is 0.256. The van der Waals surface area contributed by atoms with E-state index in [4.69, 9.17) is 4.74 Å². The molecule has 0 spiro atoms. The Labute approximate surface area is 166 Å². The monoisotopic (exact) mass is 392 g/mol. The van der Waals surface area contributed by atoms with Gasteiger partial charge in [0.1, 0.15) is 6.04 Å². The van der Waals surface area contributed by atoms with Gasteiger partial charge in [0.25, 0.3) is 5.91 Å². The molecule has 28 heavy (non-hydrogen) atoms. The van der Waals surface area contributed by atoms with Crippen LogP contribution in [0, 0.1) is 6.92 Å². The predicted molar refractivity (Wildman–Crippen MR) is 112 cm³/mol. The number of para-hydroxylation sites is 1. The van der Waals surface area contributed by atoms with Gasteiger partial charge in [0, 0.05) is 28.2 Å². The van der Waals surface area contributed by atoms with Crippen molar-refractivity contribution in [3.63, 3.8) is 0 Å². The maximum absolute atomic E-state index is 12.9. The maximum Gasteiger partial charge on any atom is 0.328 e. The third kappa shape index (κ3) is 3.27. The lowest BCUT2D eigenvalue weighted by Gasteiger charge is -2.16. The molecule has 2 aromatic heterocycles. The van der Waals surface area contributed by atoms with Gasteiger partial charge in [0.05, 0.1) is 12.0 Å². The summed E-state index contributed by atoms with van der Waals surface area (Å²) >= 11 is 1.43. The fourth-order valence-corrected chi connectivity index (χ4v) is 4.58. The predicted octanol–water partition coefficient (Wildman–Crippen LogP) is 4.21. The van der Waals surface area contributed by atoms with Crippen molar-refractivity contribution in [3.05, 3.63) is 70.7 Å². The number of amides is 1. The fraction of sp³-hybridized carbons (Fsp3) is 0.182. The van der Waals surface area contributed by atoms with Gasteiger partial charge in [-0.25, -0.2) is 4.79 Å². The number of fused-ring (bicyclic) bond motifs is 2. The minimum atomic E-state index is -0.763. The number of aromatic amines is 1. The van der Waals surface area contributed by atoms with Crippen molar-refractivity contribution < 1.29 is 14.3 Å². The molecule has 2 heterocycles. The van der Waals surface area contributed by atoms with Gasteiger partial charge < -0.3 is 15.0 Å². The molecule has 0 fully saturated rings. The second kappa shape index (κ2) is 7.48. The Morgan fingerprint density at radius 1 is 1.11 bits per heavy atom. The van der Waals surface area contributed by atoms with E-state index in [1.54, 1.807) is 0 Å². The molecule has 0 saturated carbocycles. The Kier molecular flexibility index (Phi) is 4.88. The third-order valence-corrected chi connectivity index (χ3v) is 6.21. The number of rotatable bonds is 5. The van der Waals surface area contributed by atoms with E-state index >= 15 is 0 Å². The third-order valence-electron chi connectivity index (χ3n) is 4.94. The molecule has 142 valence electrons. The van der Waals surface area contributed by atoms with Gasteiger partial charge in [-0.15, -0.1) is 11.3 Å². The zero-order valence-electron chi connectivity index (χ0n) is 15.6. The molecule has 0 bridgehead atoms. The Morgan fingerprint density at radius 3 is 2.57 bits per heavy atom. The minimum Gasteiger partial charge on any atom is -0.467 e. The molecule has 4 aromatic rings. The number of benzene rings is 2. The first-order valence-electron chi connectivity index (χ1n) is 9.00. The van der Waals surface area contributed by atoms with Gasteiger partial charge in [-0.1, -0.05) is 36.4 Å². The molecule has 6 heteroatoms. The lowest BCUT2D eigenvalue weighted by Crippen LogP contribution is -2.43. The first kappa shape index (κ1) is 18.3. The van der Waals surface area contributed by atoms with Crippen LogP contribution in [-0.2, 0) is 16.0 Å². The zero-order chi connectivity index (χ0) is 19.7. The van der Waals surface area contributed by atoms with E-state index in [0.29, 0.717) is 11.3 Å². The van der Waals surface area contributed by atoms with Crippen molar-refractivity contribution in [2.24, 2.45) is 0 Å². The Balaban J connectivity index is 1.62. The van der Waals surface area contributed by atoms with Gasteiger partial charge in [-0.05, 0) is 35.6 Å². The van der Waals surface area contributed by atoms with Crippen LogP contribution in [0.25, 0.3) is 21.0 Å². The maximum atomic E-state index is 12.9. The number of H-pyrrole nitrogens is 1. The zero-order valence-corrected chi connectivity index (χ0v) is 16.4. The number of aryl methyl sites for hydroxylation is 1. The SMILES string of the molecule is COC(=O)[C@H](Cc1c[nH]c2ccccc12)NC(=O)c1sc2ccccc2c1C. The average Bonchev–Trinajstić information content (AvgIpc) is 3.28. The quantitative estimate of drug-likeness (QED) is 0.500. The Morgan fingerprint density at radius 2 is 1.82 bits per heavy atom. The summed E-state index contributed by atoms with van der Waals surface area (Å²) in [6.07, 6.45) is 2.23. The number of hydrogen-bond acceptors (Lipinski definition) is 4. The highest BCUT2D eigenvalue weighted by Gasteiger charge is 2.25. The molecule has 2 aromatic carbocycles. The number of methoxy groups -OCH3 is 1. The van der Waals surface area contributed by atoms with Crippen molar-refractivity contribution in [2.45, 2.75) is 19.4 Å². The van der Waals surface area contributed by atoms with Crippen molar-refractivity contribution in [3.8, 4) is 0 Å². The van der Waals surface area contributed by atoms with E-state index in [1.807, 2.05) is 61.7 Å². The molecule has 0 aliphatic heterocycles. The van der Waals surface area contributed by atoms with E-state index < -0.39 is 12.0 Å². The number of aromatic nitrogens is 1. The van der Waals surface area contributed by atoms with Crippen molar-refractivity contribution in [1.82, 2.24) is 10.3 Å². The van der Waals surface area contributed by atoms with Crippen molar-refractivity contribution >= 4 is 44.2 Å². The lowest BCUT2D eigenvalue weighted by atomic mass is 10.0. The van der Waals surface area contributed by atoms with Crippen molar-refractivity contribution in [1.29, 1.82) is 0 Å². The summed E-state index contributed by atoms with van der Waals surface area (Å²) in [5.41, 5.74) is 2.88. The van der Waals surface area contributed by atoms with E-state index in [9.17, 15) is 9.59 Å². The standard InChI is InChI=1S/C22H20N2O3S/c1-13-15-7-4-6-10-19(15)28-20(13)21(25)24-18(22(26)27-2)11-14-12-23-17-9-5-3-8-16(14)17/h3-10,12,18,23H,11H2,1-2H3,(H,24,25)/t18-/m0/s1. The summed E-state index contributed by atoms with van der Waals surface area (Å²) < 4.78 is 5.99. The van der Waals surface area contributed by atoms with Crippen LogP contribution in [0.3, 0.4) is 0 Å². The van der Waals surface area contributed by atoms with Gasteiger partial charge in [0.15, 0.2) is 0 Å². The molecule has 0 radical (unpaired) electrons.